The number of aryl methyl sites for hydroxylation is 1. The van der Waals surface area contributed by atoms with Crippen molar-refractivity contribution in [1.82, 2.24) is 10.6 Å². The van der Waals surface area contributed by atoms with Gasteiger partial charge in [-0.05, 0) is 55.2 Å². The number of unbranched alkanes of at least 4 members (excludes halogenated alkanes) is 3. The highest BCUT2D eigenvalue weighted by atomic mass is 16.5. The van der Waals surface area contributed by atoms with Gasteiger partial charge in [-0.1, -0.05) is 101 Å². The summed E-state index contributed by atoms with van der Waals surface area (Å²) in [6, 6.07) is 14.1. The molecule has 50 heavy (non-hydrogen) atoms. The van der Waals surface area contributed by atoms with Gasteiger partial charge in [-0.25, -0.2) is 4.79 Å². The summed E-state index contributed by atoms with van der Waals surface area (Å²) in [6.07, 6.45) is 8.17. The van der Waals surface area contributed by atoms with Crippen molar-refractivity contribution in [2.75, 3.05) is 7.11 Å². The molecule has 0 unspecified atom stereocenters. The number of esters is 1. The van der Waals surface area contributed by atoms with Gasteiger partial charge in [0.2, 0.25) is 11.8 Å². The summed E-state index contributed by atoms with van der Waals surface area (Å²) >= 11 is 0. The minimum absolute atomic E-state index is 0.00537. The SMILES string of the molecule is CCCCC[C@H](CC(=O)c1ccc(-c2ccc(CCCC)cc2)cc1)C(=O)N[C@H]1CCC(=O)CCCC[C@@H](C(=O)OC)NC(=O)[C@H](C)CC1=O. The van der Waals surface area contributed by atoms with Crippen LogP contribution in [0.5, 0.6) is 0 Å². The van der Waals surface area contributed by atoms with Gasteiger partial charge in [0.25, 0.3) is 0 Å². The van der Waals surface area contributed by atoms with Crippen LogP contribution < -0.4 is 10.6 Å². The first-order valence-corrected chi connectivity index (χ1v) is 18.5. The van der Waals surface area contributed by atoms with E-state index in [1.165, 1.54) is 12.7 Å². The van der Waals surface area contributed by atoms with Crippen molar-refractivity contribution in [2.45, 2.75) is 129 Å². The van der Waals surface area contributed by atoms with Crippen molar-refractivity contribution in [2.24, 2.45) is 11.8 Å². The molecule has 0 radical (unpaired) electrons. The maximum Gasteiger partial charge on any atom is 0.328 e. The Morgan fingerprint density at radius 3 is 2.16 bits per heavy atom. The van der Waals surface area contributed by atoms with E-state index < -0.39 is 41.7 Å². The van der Waals surface area contributed by atoms with Crippen LogP contribution in [0.25, 0.3) is 11.1 Å². The van der Waals surface area contributed by atoms with Gasteiger partial charge in [0.1, 0.15) is 11.8 Å². The molecule has 9 nitrogen and oxygen atoms in total. The topological polar surface area (TPSA) is 136 Å². The van der Waals surface area contributed by atoms with E-state index in [1.54, 1.807) is 19.1 Å². The molecule has 2 aromatic carbocycles. The number of nitrogens with one attached hydrogen (secondary N) is 2. The molecule has 2 amide bonds. The zero-order chi connectivity index (χ0) is 36.5. The highest BCUT2D eigenvalue weighted by molar-refractivity contribution is 6.00. The first kappa shape index (κ1) is 40.3. The summed E-state index contributed by atoms with van der Waals surface area (Å²) in [5, 5.41) is 5.56. The maximum atomic E-state index is 13.8. The van der Waals surface area contributed by atoms with E-state index in [4.69, 9.17) is 4.74 Å². The number of rotatable bonds is 14. The van der Waals surface area contributed by atoms with Crippen molar-refractivity contribution >= 4 is 35.1 Å². The molecule has 1 saturated heterocycles. The first-order chi connectivity index (χ1) is 24.1. The zero-order valence-corrected chi connectivity index (χ0v) is 30.4. The monoisotopic (exact) mass is 688 g/mol. The average molecular weight is 689 g/mol. The van der Waals surface area contributed by atoms with Crippen LogP contribution in [0.2, 0.25) is 0 Å². The molecule has 9 heteroatoms. The fraction of sp³-hybridized carbons (Fsp3) is 0.561. The molecular weight excluding hydrogens is 632 g/mol. The number of benzene rings is 2. The van der Waals surface area contributed by atoms with E-state index in [0.717, 1.165) is 49.7 Å². The molecule has 1 fully saturated rings. The molecule has 2 aromatic rings. The molecule has 1 aliphatic heterocycles. The molecule has 3 rings (SSSR count). The minimum atomic E-state index is -0.975. The quantitative estimate of drug-likeness (QED) is 0.123. The molecule has 4 atom stereocenters. The first-order valence-electron chi connectivity index (χ1n) is 18.5. The standard InChI is InChI=1S/C41H56N2O7/c1-5-7-9-13-33(27-37(45)32-22-20-31(21-23-32)30-18-16-29(17-19-30)12-8-6-2)40(48)42-35-25-24-34(44)14-10-11-15-36(41(49)50-4)43-39(47)28(3)26-38(35)46/h16-23,28,33,35-36H,5-15,24-27H2,1-4H3,(H,42,48)(H,43,47)/t28-,33-,35+,36+/m1/s1. The normalized spacial score (nSPS) is 19.9. The number of amides is 2. The Morgan fingerprint density at radius 1 is 0.860 bits per heavy atom. The van der Waals surface area contributed by atoms with E-state index in [-0.39, 0.29) is 49.5 Å². The van der Waals surface area contributed by atoms with Crippen LogP contribution in [0.3, 0.4) is 0 Å². The van der Waals surface area contributed by atoms with Gasteiger partial charge < -0.3 is 15.4 Å². The molecular formula is C41H56N2O7. The van der Waals surface area contributed by atoms with Crippen molar-refractivity contribution in [3.63, 3.8) is 0 Å². The second-order valence-corrected chi connectivity index (χ2v) is 13.7. The molecule has 0 bridgehead atoms. The fourth-order valence-corrected chi connectivity index (χ4v) is 6.35. The largest absolute Gasteiger partial charge is 0.467 e. The third-order valence-electron chi connectivity index (χ3n) is 9.64. The molecule has 1 heterocycles. The minimum Gasteiger partial charge on any atom is -0.467 e. The van der Waals surface area contributed by atoms with Crippen LogP contribution in [0.1, 0.15) is 127 Å². The maximum absolute atomic E-state index is 13.8. The Morgan fingerprint density at radius 2 is 1.52 bits per heavy atom. The van der Waals surface area contributed by atoms with Crippen LogP contribution in [0, 0.1) is 11.8 Å². The van der Waals surface area contributed by atoms with E-state index in [1.807, 2.05) is 12.1 Å². The van der Waals surface area contributed by atoms with Crippen molar-refractivity contribution in [3.05, 3.63) is 59.7 Å². The highest BCUT2D eigenvalue weighted by Gasteiger charge is 2.31. The van der Waals surface area contributed by atoms with Gasteiger partial charge in [0.15, 0.2) is 11.6 Å². The van der Waals surface area contributed by atoms with Crippen LogP contribution in [-0.2, 0) is 35.1 Å². The third-order valence-corrected chi connectivity index (χ3v) is 9.64. The Hall–Kier alpha value is -4.14. The van der Waals surface area contributed by atoms with Crippen LogP contribution in [0.15, 0.2) is 48.5 Å². The highest BCUT2D eigenvalue weighted by Crippen LogP contribution is 2.24. The van der Waals surface area contributed by atoms with Gasteiger partial charge in [0, 0.05) is 43.1 Å². The molecule has 0 aliphatic carbocycles. The number of methoxy groups -OCH3 is 1. The Kier molecular flexibility index (Phi) is 17.1. The van der Waals surface area contributed by atoms with Crippen LogP contribution in [-0.4, -0.2) is 54.3 Å². The number of hydrogen-bond acceptors (Lipinski definition) is 7. The van der Waals surface area contributed by atoms with Crippen molar-refractivity contribution in [1.29, 1.82) is 0 Å². The Labute approximate surface area is 297 Å². The molecule has 0 aromatic heterocycles. The van der Waals surface area contributed by atoms with Gasteiger partial charge in [-0.15, -0.1) is 0 Å². The number of carbonyl (C=O) groups is 6. The lowest BCUT2D eigenvalue weighted by molar-refractivity contribution is -0.146. The molecule has 1 aliphatic rings. The second-order valence-electron chi connectivity index (χ2n) is 13.7. The van der Waals surface area contributed by atoms with Crippen LogP contribution in [0.4, 0.5) is 0 Å². The lowest BCUT2D eigenvalue weighted by atomic mass is 9.90. The number of ether oxygens (including phenoxy) is 1. The molecule has 2 N–H and O–H groups in total. The van der Waals surface area contributed by atoms with E-state index in [9.17, 15) is 28.8 Å². The van der Waals surface area contributed by atoms with Gasteiger partial charge in [-0.2, -0.15) is 0 Å². The smallest absolute Gasteiger partial charge is 0.328 e. The fourth-order valence-electron chi connectivity index (χ4n) is 6.35. The van der Waals surface area contributed by atoms with E-state index in [0.29, 0.717) is 31.2 Å². The summed E-state index contributed by atoms with van der Waals surface area (Å²) in [4.78, 5) is 78.7. The molecule has 0 saturated carbocycles. The van der Waals surface area contributed by atoms with Crippen molar-refractivity contribution < 1.29 is 33.5 Å². The predicted octanol–water partition coefficient (Wildman–Crippen LogP) is 7.13. The number of carbonyl (C=O) groups excluding carboxylic acids is 6. The van der Waals surface area contributed by atoms with Gasteiger partial charge >= 0.3 is 5.97 Å². The predicted molar refractivity (Wildman–Crippen MR) is 194 cm³/mol. The summed E-state index contributed by atoms with van der Waals surface area (Å²) in [6.45, 7) is 5.84. The Bertz CT molecular complexity index is 1430. The lowest BCUT2D eigenvalue weighted by Gasteiger charge is -2.24. The van der Waals surface area contributed by atoms with Gasteiger partial charge in [0.05, 0.1) is 13.2 Å². The van der Waals surface area contributed by atoms with Gasteiger partial charge in [-0.3, -0.25) is 24.0 Å². The van der Waals surface area contributed by atoms with E-state index in [2.05, 4.69) is 48.7 Å². The van der Waals surface area contributed by atoms with Crippen molar-refractivity contribution in [3.8, 4) is 11.1 Å². The molecule has 0 spiro atoms. The van der Waals surface area contributed by atoms with Crippen LogP contribution >= 0.6 is 0 Å². The lowest BCUT2D eigenvalue weighted by Crippen LogP contribution is -2.47. The second kappa shape index (κ2) is 21.2. The average Bonchev–Trinajstić information content (AvgIpc) is 3.12. The summed E-state index contributed by atoms with van der Waals surface area (Å²) in [7, 11) is 1.25. The number of Topliss-reactive ketones (excluding diaryl/α,β-unsaturated/α-hetero) is 3. The number of ketones is 3. The Balaban J connectivity index is 1.73. The molecule has 272 valence electrons. The summed E-state index contributed by atoms with van der Waals surface area (Å²) in [5.74, 6) is -3.40. The third kappa shape index (κ3) is 13.0. The zero-order valence-electron chi connectivity index (χ0n) is 30.4. The number of hydrogen-bond donors (Lipinski definition) is 2. The summed E-state index contributed by atoms with van der Waals surface area (Å²) in [5.41, 5.74) is 3.90. The summed E-state index contributed by atoms with van der Waals surface area (Å²) < 4.78 is 4.84. The van der Waals surface area contributed by atoms with E-state index >= 15 is 0 Å².